The topological polar surface area (TPSA) is 98.5 Å². The predicted molar refractivity (Wildman–Crippen MR) is 125 cm³/mol. The van der Waals surface area contributed by atoms with Gasteiger partial charge in [0, 0.05) is 31.2 Å². The van der Waals surface area contributed by atoms with Crippen molar-refractivity contribution >= 4 is 34.1 Å². The molecule has 0 fully saturated rings. The molecule has 3 aromatic rings. The highest BCUT2D eigenvalue weighted by molar-refractivity contribution is 6.32. The molecule has 0 bridgehead atoms. The van der Waals surface area contributed by atoms with Crippen molar-refractivity contribution in [3.05, 3.63) is 64.3 Å². The van der Waals surface area contributed by atoms with Crippen LogP contribution in [0.4, 0.5) is 5.69 Å². The van der Waals surface area contributed by atoms with Gasteiger partial charge in [0.05, 0.1) is 47.1 Å². The number of anilines is 1. The smallest absolute Gasteiger partial charge is 0.257 e. The lowest BCUT2D eigenvalue weighted by Crippen LogP contribution is -2.34. The molecule has 0 unspecified atom stereocenters. The standard InChI is InChI=1S/C24H25ClN4O3/c1-3-8-29(9-10-30)24(31)19-15-27-21-6-4-16(13-26)11-18(21)23(19)28-14-17-5-7-22(32-2)20(25)12-17/h4-7,11-12,15,30H,3,8-10,14H2,1-2H3,(H,27,28). The summed E-state index contributed by atoms with van der Waals surface area (Å²) in [7, 11) is 1.56. The van der Waals surface area contributed by atoms with Crippen LogP contribution in [-0.4, -0.2) is 47.7 Å². The van der Waals surface area contributed by atoms with Gasteiger partial charge in [-0.2, -0.15) is 5.26 Å². The number of carbonyl (C=O) groups is 1. The van der Waals surface area contributed by atoms with Crippen molar-refractivity contribution < 1.29 is 14.6 Å². The number of aromatic nitrogens is 1. The molecular formula is C24H25ClN4O3. The van der Waals surface area contributed by atoms with Crippen molar-refractivity contribution in [2.45, 2.75) is 19.9 Å². The molecule has 0 spiro atoms. The molecular weight excluding hydrogens is 428 g/mol. The van der Waals surface area contributed by atoms with E-state index >= 15 is 0 Å². The summed E-state index contributed by atoms with van der Waals surface area (Å²) in [4.78, 5) is 19.4. The fourth-order valence-corrected chi connectivity index (χ4v) is 3.78. The zero-order chi connectivity index (χ0) is 23.1. The van der Waals surface area contributed by atoms with Gasteiger partial charge < -0.3 is 20.1 Å². The number of aliphatic hydroxyl groups excluding tert-OH is 1. The van der Waals surface area contributed by atoms with Gasteiger partial charge in [0.15, 0.2) is 0 Å². The molecule has 32 heavy (non-hydrogen) atoms. The van der Waals surface area contributed by atoms with Gasteiger partial charge in [0.25, 0.3) is 5.91 Å². The highest BCUT2D eigenvalue weighted by Crippen LogP contribution is 2.30. The number of nitriles is 1. The number of aliphatic hydroxyl groups is 1. The minimum atomic E-state index is -0.229. The molecule has 1 aromatic heterocycles. The van der Waals surface area contributed by atoms with Gasteiger partial charge >= 0.3 is 0 Å². The van der Waals surface area contributed by atoms with Crippen LogP contribution in [0.3, 0.4) is 0 Å². The minimum Gasteiger partial charge on any atom is -0.495 e. The van der Waals surface area contributed by atoms with Gasteiger partial charge in [-0.25, -0.2) is 0 Å². The second-order valence-corrected chi connectivity index (χ2v) is 7.64. The van der Waals surface area contributed by atoms with Crippen molar-refractivity contribution in [1.82, 2.24) is 9.88 Å². The molecule has 0 aliphatic rings. The van der Waals surface area contributed by atoms with Gasteiger partial charge in [-0.05, 0) is 42.3 Å². The zero-order valence-electron chi connectivity index (χ0n) is 18.1. The second kappa shape index (κ2) is 10.8. The third-order valence-corrected chi connectivity index (χ3v) is 5.36. The Balaban J connectivity index is 2.05. The van der Waals surface area contributed by atoms with Crippen LogP contribution >= 0.6 is 11.6 Å². The highest BCUT2D eigenvalue weighted by Gasteiger charge is 2.21. The monoisotopic (exact) mass is 452 g/mol. The normalized spacial score (nSPS) is 10.6. The van der Waals surface area contributed by atoms with E-state index in [2.05, 4.69) is 16.4 Å². The van der Waals surface area contributed by atoms with Crippen LogP contribution in [-0.2, 0) is 6.54 Å². The fourth-order valence-electron chi connectivity index (χ4n) is 3.50. The molecule has 8 heteroatoms. The average molecular weight is 453 g/mol. The molecule has 0 atom stereocenters. The van der Waals surface area contributed by atoms with E-state index in [4.69, 9.17) is 16.3 Å². The summed E-state index contributed by atoms with van der Waals surface area (Å²) in [5.41, 5.74) is 3.01. The van der Waals surface area contributed by atoms with E-state index in [9.17, 15) is 15.2 Å². The van der Waals surface area contributed by atoms with Crippen molar-refractivity contribution in [2.24, 2.45) is 0 Å². The SMILES string of the molecule is CCCN(CCO)C(=O)c1cnc2ccc(C#N)cc2c1NCc1ccc(OC)c(Cl)c1. The van der Waals surface area contributed by atoms with Gasteiger partial charge in [-0.3, -0.25) is 9.78 Å². The van der Waals surface area contributed by atoms with Gasteiger partial charge in [-0.1, -0.05) is 24.6 Å². The Labute approximate surface area is 192 Å². The first-order chi connectivity index (χ1) is 15.5. The summed E-state index contributed by atoms with van der Waals surface area (Å²) in [5.74, 6) is 0.353. The Hall–Kier alpha value is -3.34. The summed E-state index contributed by atoms with van der Waals surface area (Å²) < 4.78 is 5.21. The van der Waals surface area contributed by atoms with E-state index in [0.717, 1.165) is 12.0 Å². The first-order valence-corrected chi connectivity index (χ1v) is 10.7. The molecule has 3 rings (SSSR count). The fraction of sp³-hybridized carbons (Fsp3) is 0.292. The number of ether oxygens (including phenoxy) is 1. The Bertz CT molecular complexity index is 1150. The van der Waals surface area contributed by atoms with E-state index in [1.807, 2.05) is 13.0 Å². The van der Waals surface area contributed by atoms with Crippen LogP contribution in [0.25, 0.3) is 10.9 Å². The number of rotatable bonds is 9. The van der Waals surface area contributed by atoms with Crippen LogP contribution in [0.1, 0.15) is 34.8 Å². The Morgan fingerprint density at radius 1 is 1.28 bits per heavy atom. The lowest BCUT2D eigenvalue weighted by Gasteiger charge is -2.23. The summed E-state index contributed by atoms with van der Waals surface area (Å²) in [6.45, 7) is 2.99. The maximum Gasteiger partial charge on any atom is 0.257 e. The maximum atomic E-state index is 13.3. The molecule has 0 saturated carbocycles. The minimum absolute atomic E-state index is 0.127. The molecule has 2 N–H and O–H groups in total. The lowest BCUT2D eigenvalue weighted by atomic mass is 10.0. The van der Waals surface area contributed by atoms with Gasteiger partial charge in [0.2, 0.25) is 0 Å². The van der Waals surface area contributed by atoms with Crippen molar-refractivity contribution in [2.75, 3.05) is 32.1 Å². The van der Waals surface area contributed by atoms with Gasteiger partial charge in [0.1, 0.15) is 5.75 Å². The van der Waals surface area contributed by atoms with Crippen molar-refractivity contribution in [3.63, 3.8) is 0 Å². The summed E-state index contributed by atoms with van der Waals surface area (Å²) in [6.07, 6.45) is 2.30. The molecule has 166 valence electrons. The predicted octanol–water partition coefficient (Wildman–Crippen LogP) is 4.23. The Kier molecular flexibility index (Phi) is 7.87. The van der Waals surface area contributed by atoms with Gasteiger partial charge in [-0.15, -0.1) is 0 Å². The molecule has 1 heterocycles. The van der Waals surface area contributed by atoms with E-state index < -0.39 is 0 Å². The quantitative estimate of drug-likeness (QED) is 0.504. The number of carbonyl (C=O) groups excluding carboxylic acids is 1. The third kappa shape index (κ3) is 5.10. The maximum absolute atomic E-state index is 13.3. The molecule has 0 radical (unpaired) electrons. The molecule has 2 aromatic carbocycles. The number of methoxy groups -OCH3 is 1. The number of hydrogen-bond acceptors (Lipinski definition) is 6. The number of pyridine rings is 1. The first-order valence-electron chi connectivity index (χ1n) is 10.3. The number of benzene rings is 2. The van der Waals surface area contributed by atoms with Crippen LogP contribution in [0, 0.1) is 11.3 Å². The molecule has 0 saturated heterocycles. The van der Waals surface area contributed by atoms with E-state index in [1.54, 1.807) is 48.5 Å². The molecule has 0 aliphatic carbocycles. The largest absolute Gasteiger partial charge is 0.495 e. The summed E-state index contributed by atoms with van der Waals surface area (Å²) in [5, 5.41) is 23.3. The number of fused-ring (bicyclic) bond motifs is 1. The van der Waals surface area contributed by atoms with Crippen molar-refractivity contribution in [1.29, 1.82) is 5.26 Å². The highest BCUT2D eigenvalue weighted by atomic mass is 35.5. The second-order valence-electron chi connectivity index (χ2n) is 7.23. The average Bonchev–Trinajstić information content (AvgIpc) is 2.81. The third-order valence-electron chi connectivity index (χ3n) is 5.06. The van der Waals surface area contributed by atoms with Crippen LogP contribution in [0.5, 0.6) is 5.75 Å². The number of halogens is 1. The molecule has 7 nitrogen and oxygen atoms in total. The Morgan fingerprint density at radius 3 is 2.75 bits per heavy atom. The summed E-state index contributed by atoms with van der Waals surface area (Å²) in [6, 6.07) is 12.8. The number of nitrogens with zero attached hydrogens (tertiary/aromatic N) is 3. The van der Waals surface area contributed by atoms with Crippen LogP contribution in [0.15, 0.2) is 42.6 Å². The molecule has 0 aliphatic heterocycles. The van der Waals surface area contributed by atoms with Crippen LogP contribution in [0.2, 0.25) is 5.02 Å². The number of hydrogen-bond donors (Lipinski definition) is 2. The van der Waals surface area contributed by atoms with E-state index in [0.29, 0.717) is 51.6 Å². The lowest BCUT2D eigenvalue weighted by molar-refractivity contribution is 0.0722. The number of amides is 1. The van der Waals surface area contributed by atoms with E-state index in [-0.39, 0.29) is 19.1 Å². The zero-order valence-corrected chi connectivity index (χ0v) is 18.8. The number of nitrogens with one attached hydrogen (secondary N) is 1. The van der Waals surface area contributed by atoms with E-state index in [1.165, 1.54) is 0 Å². The summed E-state index contributed by atoms with van der Waals surface area (Å²) >= 11 is 6.26. The van der Waals surface area contributed by atoms with Crippen LogP contribution < -0.4 is 10.1 Å². The molecule has 1 amide bonds. The Morgan fingerprint density at radius 2 is 2.09 bits per heavy atom. The van der Waals surface area contributed by atoms with Crippen molar-refractivity contribution in [3.8, 4) is 11.8 Å². The first kappa shape index (κ1) is 23.3.